The van der Waals surface area contributed by atoms with Crippen molar-refractivity contribution in [2.45, 2.75) is 0 Å². The number of nitrogens with two attached hydrogens (primary N) is 1. The van der Waals surface area contributed by atoms with Gasteiger partial charge in [0.05, 0.1) is 4.92 Å². The summed E-state index contributed by atoms with van der Waals surface area (Å²) in [6, 6.07) is 10.1. The number of nitrogens with zero attached hydrogens (tertiary/aromatic N) is 1. The second-order valence-corrected chi connectivity index (χ2v) is 3.93. The Labute approximate surface area is 113 Å². The van der Waals surface area contributed by atoms with Crippen molar-refractivity contribution in [2.75, 3.05) is 11.1 Å². The molecule has 20 heavy (non-hydrogen) atoms. The number of hydrogen-bond acceptors (Lipinski definition) is 4. The number of anilines is 2. The number of para-hydroxylation sites is 1. The Bertz CT molecular complexity index is 674. The van der Waals surface area contributed by atoms with Crippen LogP contribution in [0.1, 0.15) is 10.4 Å². The van der Waals surface area contributed by atoms with E-state index in [1.807, 2.05) is 0 Å². The van der Waals surface area contributed by atoms with Gasteiger partial charge in [-0.25, -0.2) is 4.39 Å². The van der Waals surface area contributed by atoms with Gasteiger partial charge in [0.25, 0.3) is 11.6 Å². The lowest BCUT2D eigenvalue weighted by atomic mass is 10.1. The summed E-state index contributed by atoms with van der Waals surface area (Å²) in [5.74, 6) is -1.75. The Morgan fingerprint density at radius 2 is 1.85 bits per heavy atom. The van der Waals surface area contributed by atoms with E-state index in [-0.39, 0.29) is 0 Å². The number of halogens is 1. The molecule has 0 spiro atoms. The summed E-state index contributed by atoms with van der Waals surface area (Å²) in [5, 5.41) is 13.2. The second kappa shape index (κ2) is 5.35. The van der Waals surface area contributed by atoms with E-state index < -0.39 is 33.6 Å². The summed E-state index contributed by atoms with van der Waals surface area (Å²) < 4.78 is 13.7. The van der Waals surface area contributed by atoms with Gasteiger partial charge in [0.1, 0.15) is 17.1 Å². The highest BCUT2D eigenvalue weighted by atomic mass is 19.1. The van der Waals surface area contributed by atoms with Gasteiger partial charge in [-0.2, -0.15) is 0 Å². The van der Waals surface area contributed by atoms with E-state index >= 15 is 0 Å². The van der Waals surface area contributed by atoms with Gasteiger partial charge in [-0.15, -0.1) is 0 Å². The second-order valence-electron chi connectivity index (χ2n) is 3.93. The normalized spacial score (nSPS) is 10.1. The van der Waals surface area contributed by atoms with Gasteiger partial charge in [0.2, 0.25) is 0 Å². The lowest BCUT2D eigenvalue weighted by Crippen LogP contribution is -2.17. The molecule has 2 aromatic carbocycles. The number of hydrogen-bond donors (Lipinski definition) is 2. The van der Waals surface area contributed by atoms with E-state index in [0.717, 1.165) is 12.1 Å². The molecule has 2 rings (SSSR count). The van der Waals surface area contributed by atoms with Crippen molar-refractivity contribution in [2.24, 2.45) is 0 Å². The number of carbonyl (C=O) groups excluding carboxylic acids is 1. The molecular weight excluding hydrogens is 265 g/mol. The maximum Gasteiger partial charge on any atom is 0.293 e. The predicted molar refractivity (Wildman–Crippen MR) is 71.9 cm³/mol. The largest absolute Gasteiger partial charge is 0.392 e. The number of benzene rings is 2. The van der Waals surface area contributed by atoms with Crippen LogP contribution in [0.2, 0.25) is 0 Å². The van der Waals surface area contributed by atoms with Crippen molar-refractivity contribution in [1.29, 1.82) is 0 Å². The molecule has 0 fully saturated rings. The summed E-state index contributed by atoms with van der Waals surface area (Å²) in [6.07, 6.45) is 0. The SMILES string of the molecule is Nc1c([N+](=O)[O-])ccc(F)c1C(=O)Nc1ccccc1. The van der Waals surface area contributed by atoms with Gasteiger partial charge < -0.3 is 11.1 Å². The molecule has 0 unspecified atom stereocenters. The first-order chi connectivity index (χ1) is 9.50. The molecular formula is C13H10FN3O3. The molecule has 3 N–H and O–H groups in total. The minimum Gasteiger partial charge on any atom is -0.392 e. The lowest BCUT2D eigenvalue weighted by Gasteiger charge is -2.08. The van der Waals surface area contributed by atoms with Gasteiger partial charge in [0, 0.05) is 11.8 Å². The van der Waals surface area contributed by atoms with Crippen LogP contribution < -0.4 is 11.1 Å². The maximum atomic E-state index is 13.7. The number of nitrogen functional groups attached to an aromatic ring is 1. The van der Waals surface area contributed by atoms with Crippen LogP contribution in [0.5, 0.6) is 0 Å². The number of nitro benzene ring substituents is 1. The number of carbonyl (C=O) groups is 1. The van der Waals surface area contributed by atoms with Crippen molar-refractivity contribution in [3.63, 3.8) is 0 Å². The van der Waals surface area contributed by atoms with E-state index in [0.29, 0.717) is 5.69 Å². The smallest absolute Gasteiger partial charge is 0.293 e. The number of rotatable bonds is 3. The summed E-state index contributed by atoms with van der Waals surface area (Å²) in [6.45, 7) is 0. The van der Waals surface area contributed by atoms with Crippen LogP contribution >= 0.6 is 0 Å². The third kappa shape index (κ3) is 2.56. The fourth-order valence-electron chi connectivity index (χ4n) is 1.69. The molecule has 7 heteroatoms. The molecule has 0 heterocycles. The molecule has 0 aliphatic rings. The molecule has 0 atom stereocenters. The first kappa shape index (κ1) is 13.5. The topological polar surface area (TPSA) is 98.3 Å². The van der Waals surface area contributed by atoms with Crippen molar-refractivity contribution in [3.8, 4) is 0 Å². The maximum absolute atomic E-state index is 13.7. The Kier molecular flexibility index (Phi) is 3.60. The minimum atomic E-state index is -0.915. The summed E-state index contributed by atoms with van der Waals surface area (Å²) in [5.41, 5.74) is 4.39. The fraction of sp³-hybridized carbons (Fsp3) is 0. The zero-order valence-electron chi connectivity index (χ0n) is 10.2. The highest BCUT2D eigenvalue weighted by molar-refractivity contribution is 6.09. The molecule has 0 radical (unpaired) electrons. The number of nitrogens with one attached hydrogen (secondary N) is 1. The predicted octanol–water partition coefficient (Wildman–Crippen LogP) is 2.57. The van der Waals surface area contributed by atoms with Crippen LogP contribution in [-0.2, 0) is 0 Å². The quantitative estimate of drug-likeness (QED) is 0.511. The van der Waals surface area contributed by atoms with E-state index in [9.17, 15) is 19.3 Å². The third-order valence-electron chi connectivity index (χ3n) is 2.63. The standard InChI is InChI=1S/C13H10FN3O3/c14-9-6-7-10(17(19)20)12(15)11(9)13(18)16-8-4-2-1-3-5-8/h1-7H,15H2,(H,16,18). The molecule has 0 aromatic heterocycles. The Morgan fingerprint density at radius 3 is 2.45 bits per heavy atom. The van der Waals surface area contributed by atoms with Crippen LogP contribution in [0, 0.1) is 15.9 Å². The molecule has 6 nitrogen and oxygen atoms in total. The van der Waals surface area contributed by atoms with Gasteiger partial charge in [0.15, 0.2) is 0 Å². The molecule has 2 aromatic rings. The van der Waals surface area contributed by atoms with E-state index in [1.165, 1.54) is 0 Å². The van der Waals surface area contributed by atoms with Crippen LogP contribution in [-0.4, -0.2) is 10.8 Å². The van der Waals surface area contributed by atoms with Crippen molar-refractivity contribution in [3.05, 3.63) is 64.0 Å². The highest BCUT2D eigenvalue weighted by Gasteiger charge is 2.23. The highest BCUT2D eigenvalue weighted by Crippen LogP contribution is 2.28. The van der Waals surface area contributed by atoms with Crippen molar-refractivity contribution >= 4 is 23.0 Å². The van der Waals surface area contributed by atoms with Crippen molar-refractivity contribution < 1.29 is 14.1 Å². The number of amides is 1. The zero-order chi connectivity index (χ0) is 14.7. The summed E-state index contributed by atoms with van der Waals surface area (Å²) >= 11 is 0. The molecule has 102 valence electrons. The van der Waals surface area contributed by atoms with Gasteiger partial charge in [-0.1, -0.05) is 18.2 Å². The van der Waals surface area contributed by atoms with Gasteiger partial charge in [-0.3, -0.25) is 14.9 Å². The van der Waals surface area contributed by atoms with Crippen LogP contribution in [0.3, 0.4) is 0 Å². The summed E-state index contributed by atoms with van der Waals surface area (Å²) in [4.78, 5) is 21.9. The van der Waals surface area contributed by atoms with Crippen LogP contribution in [0.4, 0.5) is 21.5 Å². The van der Waals surface area contributed by atoms with Crippen LogP contribution in [0.15, 0.2) is 42.5 Å². The lowest BCUT2D eigenvalue weighted by molar-refractivity contribution is -0.384. The monoisotopic (exact) mass is 275 g/mol. The molecule has 0 saturated carbocycles. The van der Waals surface area contributed by atoms with Crippen molar-refractivity contribution in [1.82, 2.24) is 0 Å². The Balaban J connectivity index is 2.39. The van der Waals surface area contributed by atoms with E-state index in [1.54, 1.807) is 30.3 Å². The average molecular weight is 275 g/mol. The molecule has 0 saturated heterocycles. The van der Waals surface area contributed by atoms with Gasteiger partial charge in [-0.05, 0) is 18.2 Å². The Morgan fingerprint density at radius 1 is 1.20 bits per heavy atom. The third-order valence-corrected chi connectivity index (χ3v) is 2.63. The molecule has 0 bridgehead atoms. The molecule has 1 amide bonds. The number of nitro groups is 1. The average Bonchev–Trinajstić information content (AvgIpc) is 2.39. The van der Waals surface area contributed by atoms with E-state index in [4.69, 9.17) is 5.73 Å². The Hall–Kier alpha value is -2.96. The summed E-state index contributed by atoms with van der Waals surface area (Å²) in [7, 11) is 0. The zero-order valence-corrected chi connectivity index (χ0v) is 10.2. The van der Waals surface area contributed by atoms with Crippen LogP contribution in [0.25, 0.3) is 0 Å². The first-order valence-corrected chi connectivity index (χ1v) is 5.59. The minimum absolute atomic E-state index is 0.433. The first-order valence-electron chi connectivity index (χ1n) is 5.59. The fourth-order valence-corrected chi connectivity index (χ4v) is 1.69. The van der Waals surface area contributed by atoms with Gasteiger partial charge >= 0.3 is 0 Å². The van der Waals surface area contributed by atoms with E-state index in [2.05, 4.69) is 5.32 Å². The molecule has 0 aliphatic heterocycles. The molecule has 0 aliphatic carbocycles.